The topological polar surface area (TPSA) is 32.8 Å². The normalized spacial score (nSPS) is 22.8. The average molecular weight is 336 g/mol. The van der Waals surface area contributed by atoms with Crippen LogP contribution in [0.5, 0.6) is 0 Å². The van der Waals surface area contributed by atoms with E-state index in [0.29, 0.717) is 18.6 Å². The van der Waals surface area contributed by atoms with E-state index in [1.165, 1.54) is 12.0 Å². The molecule has 4 rings (SSSR count). The summed E-state index contributed by atoms with van der Waals surface area (Å²) in [5.41, 5.74) is 2.37. The lowest BCUT2D eigenvalue weighted by molar-refractivity contribution is 0.0988. The van der Waals surface area contributed by atoms with Gasteiger partial charge in [0.15, 0.2) is 0 Å². The molecular weight excluding hydrogens is 312 g/mol. The summed E-state index contributed by atoms with van der Waals surface area (Å²) < 4.78 is 5.50. The van der Waals surface area contributed by atoms with Crippen LogP contribution in [-0.4, -0.2) is 41.6 Å². The van der Waals surface area contributed by atoms with Crippen LogP contribution in [-0.2, 0) is 17.9 Å². The van der Waals surface area contributed by atoms with Gasteiger partial charge in [0.2, 0.25) is 0 Å². The Labute approximate surface area is 149 Å². The molecular formula is C21H24N2O2. The molecule has 1 amide bonds. The van der Waals surface area contributed by atoms with E-state index in [1.807, 2.05) is 35.2 Å². The fourth-order valence-corrected chi connectivity index (χ4v) is 4.02. The van der Waals surface area contributed by atoms with Crippen LogP contribution in [0, 0.1) is 5.92 Å². The Morgan fingerprint density at radius 3 is 2.36 bits per heavy atom. The third kappa shape index (κ3) is 3.69. The minimum Gasteiger partial charge on any atom is -0.445 e. The molecule has 2 aliphatic heterocycles. The fraction of sp³-hybridized carbons (Fsp3) is 0.381. The SMILES string of the molecule is O=C(OCc1ccccc1)N1C[C@H]2CCN(Cc3ccccc3)[C@@H]2C1. The van der Waals surface area contributed by atoms with Crippen molar-refractivity contribution in [3.05, 3.63) is 71.8 Å². The summed E-state index contributed by atoms with van der Waals surface area (Å²) in [5, 5.41) is 0. The first-order valence-electron chi connectivity index (χ1n) is 9.03. The maximum absolute atomic E-state index is 12.4. The third-order valence-corrected chi connectivity index (χ3v) is 5.35. The van der Waals surface area contributed by atoms with E-state index in [9.17, 15) is 4.79 Å². The summed E-state index contributed by atoms with van der Waals surface area (Å²) in [6.45, 7) is 4.04. The van der Waals surface area contributed by atoms with Crippen molar-refractivity contribution in [3.63, 3.8) is 0 Å². The van der Waals surface area contributed by atoms with Crippen LogP contribution in [0.15, 0.2) is 60.7 Å². The zero-order valence-electron chi connectivity index (χ0n) is 14.4. The molecule has 0 spiro atoms. The average Bonchev–Trinajstić information content (AvgIpc) is 3.24. The number of carbonyl (C=O) groups excluding carboxylic acids is 1. The number of fused-ring (bicyclic) bond motifs is 1. The van der Waals surface area contributed by atoms with Crippen molar-refractivity contribution < 1.29 is 9.53 Å². The number of nitrogens with zero attached hydrogens (tertiary/aromatic N) is 2. The van der Waals surface area contributed by atoms with Crippen LogP contribution < -0.4 is 0 Å². The minimum absolute atomic E-state index is 0.182. The highest BCUT2D eigenvalue weighted by atomic mass is 16.6. The fourth-order valence-electron chi connectivity index (χ4n) is 4.02. The molecule has 2 fully saturated rings. The van der Waals surface area contributed by atoms with Crippen molar-refractivity contribution in [1.82, 2.24) is 9.80 Å². The number of hydrogen-bond donors (Lipinski definition) is 0. The van der Waals surface area contributed by atoms with Crippen molar-refractivity contribution in [2.45, 2.75) is 25.6 Å². The van der Waals surface area contributed by atoms with Crippen LogP contribution in [0.1, 0.15) is 17.5 Å². The lowest BCUT2D eigenvalue weighted by Crippen LogP contribution is -2.37. The number of rotatable bonds is 4. The van der Waals surface area contributed by atoms with E-state index in [4.69, 9.17) is 4.74 Å². The molecule has 2 heterocycles. The molecule has 0 aliphatic carbocycles. The predicted molar refractivity (Wildman–Crippen MR) is 96.9 cm³/mol. The quantitative estimate of drug-likeness (QED) is 0.856. The van der Waals surface area contributed by atoms with Gasteiger partial charge in [-0.3, -0.25) is 4.90 Å². The van der Waals surface area contributed by atoms with Gasteiger partial charge in [-0.25, -0.2) is 4.79 Å². The van der Waals surface area contributed by atoms with Crippen molar-refractivity contribution in [1.29, 1.82) is 0 Å². The first kappa shape index (κ1) is 16.2. The Morgan fingerprint density at radius 1 is 0.960 bits per heavy atom. The molecule has 4 heteroatoms. The molecule has 130 valence electrons. The highest BCUT2D eigenvalue weighted by molar-refractivity contribution is 5.68. The maximum atomic E-state index is 12.4. The molecule has 0 bridgehead atoms. The molecule has 2 atom stereocenters. The number of likely N-dealkylation sites (tertiary alicyclic amines) is 2. The smallest absolute Gasteiger partial charge is 0.410 e. The highest BCUT2D eigenvalue weighted by Crippen LogP contribution is 2.32. The molecule has 0 radical (unpaired) electrons. The molecule has 2 saturated heterocycles. The summed E-state index contributed by atoms with van der Waals surface area (Å²) in [6.07, 6.45) is 0.984. The molecule has 0 aromatic heterocycles. The van der Waals surface area contributed by atoms with Gasteiger partial charge in [-0.05, 0) is 30.0 Å². The summed E-state index contributed by atoms with van der Waals surface area (Å²) >= 11 is 0. The van der Waals surface area contributed by atoms with Gasteiger partial charge in [0.05, 0.1) is 0 Å². The van der Waals surface area contributed by atoms with E-state index < -0.39 is 0 Å². The largest absolute Gasteiger partial charge is 0.445 e. The van der Waals surface area contributed by atoms with Crippen LogP contribution in [0.4, 0.5) is 4.79 Å². The number of carbonyl (C=O) groups is 1. The molecule has 0 unspecified atom stereocenters. The third-order valence-electron chi connectivity index (χ3n) is 5.35. The van der Waals surface area contributed by atoms with Gasteiger partial charge >= 0.3 is 6.09 Å². The van der Waals surface area contributed by atoms with Gasteiger partial charge in [0.25, 0.3) is 0 Å². The second kappa shape index (κ2) is 7.28. The van der Waals surface area contributed by atoms with E-state index in [1.54, 1.807) is 0 Å². The molecule has 25 heavy (non-hydrogen) atoms. The second-order valence-electron chi connectivity index (χ2n) is 7.02. The number of ether oxygens (including phenoxy) is 1. The number of benzene rings is 2. The standard InChI is InChI=1S/C21H24N2O2/c24-21(25-16-18-9-5-2-6-10-18)23-14-19-11-12-22(20(19)15-23)13-17-7-3-1-4-8-17/h1-10,19-20H,11-16H2/t19-,20-/m1/s1. The number of hydrogen-bond acceptors (Lipinski definition) is 3. The molecule has 2 aliphatic rings. The minimum atomic E-state index is -0.182. The lowest BCUT2D eigenvalue weighted by atomic mass is 10.0. The first-order chi connectivity index (χ1) is 12.3. The Kier molecular flexibility index (Phi) is 4.70. The number of amides is 1. The molecule has 2 aromatic carbocycles. The van der Waals surface area contributed by atoms with Crippen LogP contribution in [0.3, 0.4) is 0 Å². The monoisotopic (exact) mass is 336 g/mol. The Bertz CT molecular complexity index is 704. The van der Waals surface area contributed by atoms with Crippen LogP contribution >= 0.6 is 0 Å². The molecule has 2 aromatic rings. The van der Waals surface area contributed by atoms with Crippen molar-refractivity contribution in [2.24, 2.45) is 5.92 Å². The van der Waals surface area contributed by atoms with E-state index in [0.717, 1.165) is 31.7 Å². The summed E-state index contributed by atoms with van der Waals surface area (Å²) in [7, 11) is 0. The Morgan fingerprint density at radius 2 is 1.64 bits per heavy atom. The van der Waals surface area contributed by atoms with E-state index in [-0.39, 0.29) is 6.09 Å². The summed E-state index contributed by atoms with van der Waals surface area (Å²) in [5.74, 6) is 0.577. The zero-order chi connectivity index (χ0) is 17.1. The van der Waals surface area contributed by atoms with Gasteiger partial charge in [-0.15, -0.1) is 0 Å². The van der Waals surface area contributed by atoms with Crippen molar-refractivity contribution >= 4 is 6.09 Å². The second-order valence-corrected chi connectivity index (χ2v) is 7.02. The zero-order valence-corrected chi connectivity index (χ0v) is 14.4. The van der Waals surface area contributed by atoms with Crippen molar-refractivity contribution in [3.8, 4) is 0 Å². The Hall–Kier alpha value is -2.33. The molecule has 4 nitrogen and oxygen atoms in total. The van der Waals surface area contributed by atoms with Gasteiger partial charge in [-0.2, -0.15) is 0 Å². The summed E-state index contributed by atoms with van der Waals surface area (Å²) in [6, 6.07) is 20.9. The van der Waals surface area contributed by atoms with Gasteiger partial charge < -0.3 is 9.64 Å². The lowest BCUT2D eigenvalue weighted by Gasteiger charge is -2.24. The Balaban J connectivity index is 1.32. The van der Waals surface area contributed by atoms with E-state index in [2.05, 4.69) is 35.2 Å². The predicted octanol–water partition coefficient (Wildman–Crippen LogP) is 3.53. The van der Waals surface area contributed by atoms with Gasteiger partial charge in [0.1, 0.15) is 6.61 Å². The van der Waals surface area contributed by atoms with Crippen LogP contribution in [0.25, 0.3) is 0 Å². The maximum Gasteiger partial charge on any atom is 0.410 e. The highest BCUT2D eigenvalue weighted by Gasteiger charge is 2.43. The molecule has 0 N–H and O–H groups in total. The van der Waals surface area contributed by atoms with Crippen molar-refractivity contribution in [2.75, 3.05) is 19.6 Å². The van der Waals surface area contributed by atoms with Crippen LogP contribution in [0.2, 0.25) is 0 Å². The van der Waals surface area contributed by atoms with E-state index >= 15 is 0 Å². The molecule has 0 saturated carbocycles. The first-order valence-corrected chi connectivity index (χ1v) is 9.03. The van der Waals surface area contributed by atoms with Gasteiger partial charge in [0, 0.05) is 25.7 Å². The summed E-state index contributed by atoms with van der Waals surface area (Å²) in [4.78, 5) is 16.8. The van der Waals surface area contributed by atoms with Gasteiger partial charge in [-0.1, -0.05) is 60.7 Å².